The van der Waals surface area contributed by atoms with Gasteiger partial charge in [0.15, 0.2) is 0 Å². The van der Waals surface area contributed by atoms with Crippen LogP contribution in [0.15, 0.2) is 51.4 Å². The summed E-state index contributed by atoms with van der Waals surface area (Å²) in [6.45, 7) is 11.3. The zero-order chi connectivity index (χ0) is 25.2. The van der Waals surface area contributed by atoms with Crippen molar-refractivity contribution in [2.45, 2.75) is 58.7 Å². The topological polar surface area (TPSA) is 79.5 Å². The van der Waals surface area contributed by atoms with Crippen molar-refractivity contribution in [3.63, 3.8) is 0 Å². The molecule has 0 saturated carbocycles. The van der Waals surface area contributed by atoms with Crippen LogP contribution in [0.3, 0.4) is 0 Å². The first-order chi connectivity index (χ1) is 16.8. The summed E-state index contributed by atoms with van der Waals surface area (Å²) >= 11 is 1.47. The van der Waals surface area contributed by atoms with E-state index in [1.54, 1.807) is 4.57 Å². The van der Waals surface area contributed by atoms with Gasteiger partial charge in [-0.1, -0.05) is 43.7 Å². The zero-order valence-electron chi connectivity index (χ0n) is 21.1. The van der Waals surface area contributed by atoms with Crippen LogP contribution in [-0.2, 0) is 6.54 Å². The Labute approximate surface area is 210 Å². The molecule has 0 radical (unpaired) electrons. The van der Waals surface area contributed by atoms with Crippen LogP contribution >= 0.6 is 11.3 Å². The number of piperazine rings is 1. The third-order valence-corrected chi connectivity index (χ3v) is 8.33. The quantitative estimate of drug-likeness (QED) is 0.501. The highest BCUT2D eigenvalue weighted by Crippen LogP contribution is 2.26. The number of thiophene rings is 1. The lowest BCUT2D eigenvalue weighted by molar-refractivity contribution is 0.00459. The van der Waals surface area contributed by atoms with E-state index in [9.17, 15) is 14.7 Å². The lowest BCUT2D eigenvalue weighted by Crippen LogP contribution is -2.62. The van der Waals surface area contributed by atoms with E-state index in [4.69, 9.17) is 0 Å². The second-order valence-electron chi connectivity index (χ2n) is 9.63. The number of hydrogen-bond donors (Lipinski definition) is 2. The minimum absolute atomic E-state index is 0.0197. The first-order valence-electron chi connectivity index (χ1n) is 12.4. The molecule has 1 aliphatic rings. The smallest absolute Gasteiger partial charge is 0.336 e. The van der Waals surface area contributed by atoms with E-state index in [0.717, 1.165) is 54.2 Å². The Balaban J connectivity index is 1.71. The van der Waals surface area contributed by atoms with Crippen molar-refractivity contribution in [2.24, 2.45) is 0 Å². The molecule has 35 heavy (non-hydrogen) atoms. The molecule has 0 bridgehead atoms. The Kier molecular flexibility index (Phi) is 7.76. The maximum Gasteiger partial charge on any atom is 0.336 e. The average molecular weight is 497 g/mol. The number of rotatable bonds is 8. The first-order valence-corrected chi connectivity index (χ1v) is 13.3. The molecule has 2 N–H and O–H groups in total. The van der Waals surface area contributed by atoms with Crippen molar-refractivity contribution in [1.82, 2.24) is 19.4 Å². The summed E-state index contributed by atoms with van der Waals surface area (Å²) in [6, 6.07) is 11.3. The van der Waals surface area contributed by atoms with Crippen LogP contribution in [-0.4, -0.2) is 57.0 Å². The number of β-amino-alcohol motifs (C(OH)–C–C–N with tert-alkyl or cyclic N) is 1. The van der Waals surface area contributed by atoms with Gasteiger partial charge in [-0.05, 0) is 49.3 Å². The molecule has 7 nitrogen and oxygen atoms in total. The number of nitrogens with one attached hydrogen (secondary N) is 1. The van der Waals surface area contributed by atoms with Crippen LogP contribution in [0, 0.1) is 13.8 Å². The number of nitrogens with zero attached hydrogens (tertiary/aromatic N) is 3. The molecule has 2 aromatic heterocycles. The number of aliphatic hydroxyl groups is 1. The van der Waals surface area contributed by atoms with Gasteiger partial charge in [0, 0.05) is 37.8 Å². The van der Waals surface area contributed by atoms with Gasteiger partial charge < -0.3 is 10.4 Å². The van der Waals surface area contributed by atoms with Crippen molar-refractivity contribution in [3.05, 3.63) is 73.7 Å². The molecule has 1 aromatic carbocycles. The van der Waals surface area contributed by atoms with Crippen LogP contribution in [0.25, 0.3) is 16.3 Å². The predicted octanol–water partition coefficient (Wildman–Crippen LogP) is 3.17. The van der Waals surface area contributed by atoms with Crippen LogP contribution in [0.4, 0.5) is 0 Å². The average Bonchev–Trinajstić information content (AvgIpc) is 3.28. The maximum absolute atomic E-state index is 13.7. The first kappa shape index (κ1) is 25.6. The van der Waals surface area contributed by atoms with E-state index in [1.807, 2.05) is 49.6 Å². The van der Waals surface area contributed by atoms with E-state index in [1.165, 1.54) is 22.0 Å². The highest BCUT2D eigenvalue weighted by Gasteiger charge is 2.36. The molecule has 188 valence electrons. The Morgan fingerprint density at radius 3 is 2.40 bits per heavy atom. The Morgan fingerprint density at radius 1 is 1.06 bits per heavy atom. The highest BCUT2D eigenvalue weighted by atomic mass is 32.1. The molecular weight excluding hydrogens is 460 g/mol. The van der Waals surface area contributed by atoms with Gasteiger partial charge in [0.05, 0.1) is 18.3 Å². The minimum Gasteiger partial charge on any atom is -0.390 e. The summed E-state index contributed by atoms with van der Waals surface area (Å²) < 4.78 is 2.78. The van der Waals surface area contributed by atoms with Crippen LogP contribution in [0.2, 0.25) is 0 Å². The molecule has 0 aliphatic carbocycles. The van der Waals surface area contributed by atoms with Gasteiger partial charge in [-0.15, -0.1) is 11.3 Å². The van der Waals surface area contributed by atoms with Gasteiger partial charge in [-0.25, -0.2) is 4.79 Å². The fourth-order valence-corrected chi connectivity index (χ4v) is 5.98. The third kappa shape index (κ3) is 5.21. The van der Waals surface area contributed by atoms with Gasteiger partial charge in [0.1, 0.15) is 5.00 Å². The van der Waals surface area contributed by atoms with Crippen LogP contribution < -0.4 is 16.6 Å². The van der Waals surface area contributed by atoms with E-state index < -0.39 is 17.4 Å². The molecule has 8 heteroatoms. The summed E-state index contributed by atoms with van der Waals surface area (Å²) in [5, 5.41) is 17.3. The number of aromatic nitrogens is 2. The molecule has 4 rings (SSSR count). The SMILES string of the molecule is CCC1(CC)CNCCN1CC(O)Cn1c(=O)cc(-c2ccc(C)cc2)n(-c2cc(C)cs2)c1=O. The second-order valence-corrected chi connectivity index (χ2v) is 10.5. The fourth-order valence-electron chi connectivity index (χ4n) is 5.07. The fraction of sp³-hybridized carbons (Fsp3) is 0.481. The number of benzene rings is 1. The summed E-state index contributed by atoms with van der Waals surface area (Å²) in [7, 11) is 0. The van der Waals surface area contributed by atoms with E-state index in [0.29, 0.717) is 12.2 Å². The highest BCUT2D eigenvalue weighted by molar-refractivity contribution is 7.12. The van der Waals surface area contributed by atoms with Gasteiger partial charge >= 0.3 is 5.69 Å². The summed E-state index contributed by atoms with van der Waals surface area (Å²) in [5.74, 6) is 0. The molecule has 1 unspecified atom stereocenters. The Bertz CT molecular complexity index is 1270. The molecule has 1 fully saturated rings. The molecule has 3 aromatic rings. The molecule has 1 saturated heterocycles. The van der Waals surface area contributed by atoms with Crippen molar-refractivity contribution in [3.8, 4) is 16.3 Å². The van der Waals surface area contributed by atoms with E-state index in [2.05, 4.69) is 24.1 Å². The molecule has 3 heterocycles. The number of aliphatic hydroxyl groups excluding tert-OH is 1. The summed E-state index contributed by atoms with van der Waals surface area (Å²) in [6.07, 6.45) is 1.11. The molecule has 0 spiro atoms. The van der Waals surface area contributed by atoms with Gasteiger partial charge in [0.2, 0.25) is 0 Å². The Hall–Kier alpha value is -2.52. The lowest BCUT2D eigenvalue weighted by Gasteiger charge is -2.47. The molecular formula is C27H36N4O3S. The third-order valence-electron chi connectivity index (χ3n) is 7.30. The van der Waals surface area contributed by atoms with Crippen molar-refractivity contribution >= 4 is 11.3 Å². The monoisotopic (exact) mass is 496 g/mol. The summed E-state index contributed by atoms with van der Waals surface area (Å²) in [5.41, 5.74) is 2.69. The second kappa shape index (κ2) is 10.6. The summed E-state index contributed by atoms with van der Waals surface area (Å²) in [4.78, 5) is 29.2. The minimum atomic E-state index is -0.834. The van der Waals surface area contributed by atoms with Crippen molar-refractivity contribution in [1.29, 1.82) is 0 Å². The van der Waals surface area contributed by atoms with E-state index in [-0.39, 0.29) is 12.1 Å². The molecule has 1 atom stereocenters. The zero-order valence-corrected chi connectivity index (χ0v) is 21.9. The van der Waals surface area contributed by atoms with E-state index >= 15 is 0 Å². The number of aryl methyl sites for hydroxylation is 2. The van der Waals surface area contributed by atoms with Crippen LogP contribution in [0.5, 0.6) is 0 Å². The van der Waals surface area contributed by atoms with Gasteiger partial charge in [0.25, 0.3) is 5.56 Å². The van der Waals surface area contributed by atoms with Gasteiger partial charge in [-0.3, -0.25) is 18.8 Å². The lowest BCUT2D eigenvalue weighted by atomic mass is 9.88. The van der Waals surface area contributed by atoms with Crippen molar-refractivity contribution in [2.75, 3.05) is 26.2 Å². The predicted molar refractivity (Wildman–Crippen MR) is 143 cm³/mol. The van der Waals surface area contributed by atoms with Gasteiger partial charge in [-0.2, -0.15) is 0 Å². The molecule has 1 aliphatic heterocycles. The maximum atomic E-state index is 13.7. The largest absolute Gasteiger partial charge is 0.390 e. The van der Waals surface area contributed by atoms with Crippen molar-refractivity contribution < 1.29 is 5.11 Å². The number of hydrogen-bond acceptors (Lipinski definition) is 6. The van der Waals surface area contributed by atoms with Crippen LogP contribution in [0.1, 0.15) is 37.8 Å². The normalized spacial score (nSPS) is 16.9. The standard InChI is InChI=1S/C27H36N4O3S/c1-5-27(6-2)18-28-11-12-29(27)15-22(32)16-30-24(33)14-23(21-9-7-19(3)8-10-21)31(26(30)34)25-13-20(4)17-35-25/h7-10,13-14,17,22,28,32H,5-6,11-12,15-16,18H2,1-4H3. The Morgan fingerprint density at radius 2 is 1.77 bits per heavy atom. The molecule has 0 amide bonds.